The first kappa shape index (κ1) is 16.2. The van der Waals surface area contributed by atoms with Gasteiger partial charge in [0.25, 0.3) is 0 Å². The van der Waals surface area contributed by atoms with E-state index in [1.54, 1.807) is 37.5 Å². The Bertz CT molecular complexity index is 418. The first-order chi connectivity index (χ1) is 9.69. The number of ether oxygens (including phenoxy) is 1. The molecule has 0 saturated heterocycles. The second-order valence-corrected chi connectivity index (χ2v) is 4.34. The standard InChI is InChI=1S/C15H22N2O3/c1-3-9-17(11-12-18)10-8-15(19)16-13-4-6-14(20-2)7-5-13/h3-7,18H,1,8-12H2,2H3,(H,16,19). The smallest absolute Gasteiger partial charge is 0.225 e. The number of benzene rings is 1. The van der Waals surface area contributed by atoms with Crippen LogP contribution in [0.3, 0.4) is 0 Å². The van der Waals surface area contributed by atoms with Crippen molar-refractivity contribution in [2.24, 2.45) is 0 Å². The summed E-state index contributed by atoms with van der Waals surface area (Å²) in [5.41, 5.74) is 0.744. The Morgan fingerprint density at radius 2 is 2.10 bits per heavy atom. The summed E-state index contributed by atoms with van der Waals surface area (Å²) < 4.78 is 5.05. The first-order valence-corrected chi connectivity index (χ1v) is 6.57. The maximum atomic E-state index is 11.8. The van der Waals surface area contributed by atoms with Gasteiger partial charge in [0.05, 0.1) is 13.7 Å². The molecular weight excluding hydrogens is 256 g/mol. The highest BCUT2D eigenvalue weighted by Crippen LogP contribution is 2.15. The third-order valence-electron chi connectivity index (χ3n) is 2.83. The summed E-state index contributed by atoms with van der Waals surface area (Å²) in [4.78, 5) is 13.8. The van der Waals surface area contributed by atoms with Crippen LogP contribution in [0, 0.1) is 0 Å². The molecule has 1 amide bonds. The molecule has 1 rings (SSSR count). The SMILES string of the molecule is C=CCN(CCO)CCC(=O)Nc1ccc(OC)cc1. The van der Waals surface area contributed by atoms with Crippen molar-refractivity contribution in [2.75, 3.05) is 38.7 Å². The van der Waals surface area contributed by atoms with Gasteiger partial charge in [-0.25, -0.2) is 0 Å². The van der Waals surface area contributed by atoms with Gasteiger partial charge in [-0.2, -0.15) is 0 Å². The molecule has 0 unspecified atom stereocenters. The van der Waals surface area contributed by atoms with E-state index in [9.17, 15) is 4.79 Å². The summed E-state index contributed by atoms with van der Waals surface area (Å²) in [6.45, 7) is 5.53. The molecule has 0 spiro atoms. The highest BCUT2D eigenvalue weighted by molar-refractivity contribution is 5.90. The number of aliphatic hydroxyl groups is 1. The molecule has 0 atom stereocenters. The van der Waals surface area contributed by atoms with Gasteiger partial charge in [0.2, 0.25) is 5.91 Å². The number of carbonyl (C=O) groups excluding carboxylic acids is 1. The Hall–Kier alpha value is -1.85. The molecule has 5 nitrogen and oxygen atoms in total. The second-order valence-electron chi connectivity index (χ2n) is 4.34. The van der Waals surface area contributed by atoms with Crippen molar-refractivity contribution >= 4 is 11.6 Å². The summed E-state index contributed by atoms with van der Waals surface area (Å²) in [5.74, 6) is 0.699. The van der Waals surface area contributed by atoms with E-state index in [1.165, 1.54) is 0 Å². The molecule has 1 aromatic carbocycles. The van der Waals surface area contributed by atoms with Gasteiger partial charge >= 0.3 is 0 Å². The van der Waals surface area contributed by atoms with E-state index in [1.807, 2.05) is 4.90 Å². The number of carbonyl (C=O) groups is 1. The summed E-state index contributed by atoms with van der Waals surface area (Å²) >= 11 is 0. The topological polar surface area (TPSA) is 61.8 Å². The third-order valence-corrected chi connectivity index (χ3v) is 2.83. The number of nitrogens with zero attached hydrogens (tertiary/aromatic N) is 1. The van der Waals surface area contributed by atoms with E-state index >= 15 is 0 Å². The van der Waals surface area contributed by atoms with Gasteiger partial charge in [0, 0.05) is 31.7 Å². The molecule has 0 aliphatic heterocycles. The minimum Gasteiger partial charge on any atom is -0.497 e. The normalized spacial score (nSPS) is 10.3. The van der Waals surface area contributed by atoms with Crippen LogP contribution in [-0.2, 0) is 4.79 Å². The lowest BCUT2D eigenvalue weighted by Gasteiger charge is -2.18. The molecule has 1 aromatic rings. The largest absolute Gasteiger partial charge is 0.497 e. The predicted molar refractivity (Wildman–Crippen MR) is 80.0 cm³/mol. The number of hydrogen-bond acceptors (Lipinski definition) is 4. The van der Waals surface area contributed by atoms with Crippen molar-refractivity contribution in [1.29, 1.82) is 0 Å². The molecule has 0 radical (unpaired) electrons. The molecule has 110 valence electrons. The molecule has 0 bridgehead atoms. The van der Waals surface area contributed by atoms with Crippen LogP contribution in [0.2, 0.25) is 0 Å². The van der Waals surface area contributed by atoms with Gasteiger partial charge in [-0.15, -0.1) is 6.58 Å². The van der Waals surface area contributed by atoms with Gasteiger partial charge in [-0.1, -0.05) is 6.08 Å². The fraction of sp³-hybridized carbons (Fsp3) is 0.400. The predicted octanol–water partition coefficient (Wildman–Crippen LogP) is 1.50. The summed E-state index contributed by atoms with van der Waals surface area (Å²) in [7, 11) is 1.60. The van der Waals surface area contributed by atoms with E-state index < -0.39 is 0 Å². The first-order valence-electron chi connectivity index (χ1n) is 6.57. The molecular formula is C15H22N2O3. The summed E-state index contributed by atoms with van der Waals surface area (Å²) in [6.07, 6.45) is 2.14. The summed E-state index contributed by atoms with van der Waals surface area (Å²) in [6, 6.07) is 7.19. The number of anilines is 1. The zero-order chi connectivity index (χ0) is 14.8. The Kier molecular flexibility index (Phi) is 7.39. The van der Waals surface area contributed by atoms with Crippen molar-refractivity contribution in [3.8, 4) is 5.75 Å². The number of methoxy groups -OCH3 is 1. The van der Waals surface area contributed by atoms with Crippen LogP contribution in [-0.4, -0.2) is 49.3 Å². The Labute approximate surface area is 119 Å². The summed E-state index contributed by atoms with van der Waals surface area (Å²) in [5, 5.41) is 11.7. The lowest BCUT2D eigenvalue weighted by Crippen LogP contribution is -2.30. The van der Waals surface area contributed by atoms with Crippen LogP contribution >= 0.6 is 0 Å². The molecule has 0 heterocycles. The lowest BCUT2D eigenvalue weighted by atomic mass is 10.3. The third kappa shape index (κ3) is 5.86. The average molecular weight is 278 g/mol. The van der Waals surface area contributed by atoms with Crippen molar-refractivity contribution in [3.63, 3.8) is 0 Å². The maximum absolute atomic E-state index is 11.8. The van der Waals surface area contributed by atoms with Crippen molar-refractivity contribution in [1.82, 2.24) is 4.90 Å². The van der Waals surface area contributed by atoms with Crippen molar-refractivity contribution < 1.29 is 14.6 Å². The van der Waals surface area contributed by atoms with Crippen LogP contribution in [0.15, 0.2) is 36.9 Å². The molecule has 20 heavy (non-hydrogen) atoms. The van der Waals surface area contributed by atoms with Crippen LogP contribution in [0.4, 0.5) is 5.69 Å². The van der Waals surface area contributed by atoms with E-state index in [2.05, 4.69) is 11.9 Å². The number of rotatable bonds is 9. The van der Waals surface area contributed by atoms with Crippen LogP contribution in [0.5, 0.6) is 5.75 Å². The Morgan fingerprint density at radius 3 is 2.65 bits per heavy atom. The van der Waals surface area contributed by atoms with E-state index in [4.69, 9.17) is 9.84 Å². The Morgan fingerprint density at radius 1 is 1.40 bits per heavy atom. The highest BCUT2D eigenvalue weighted by Gasteiger charge is 2.07. The number of nitrogens with one attached hydrogen (secondary N) is 1. The van der Waals surface area contributed by atoms with Crippen LogP contribution in [0.1, 0.15) is 6.42 Å². The number of hydrogen-bond donors (Lipinski definition) is 2. The van der Waals surface area contributed by atoms with Crippen molar-refractivity contribution in [2.45, 2.75) is 6.42 Å². The van der Waals surface area contributed by atoms with Crippen LogP contribution in [0.25, 0.3) is 0 Å². The van der Waals surface area contributed by atoms with E-state index in [-0.39, 0.29) is 12.5 Å². The molecule has 5 heteroatoms. The molecule has 0 fully saturated rings. The van der Waals surface area contributed by atoms with Gasteiger partial charge in [0.1, 0.15) is 5.75 Å². The number of aliphatic hydroxyl groups excluding tert-OH is 1. The van der Waals surface area contributed by atoms with E-state index in [0.29, 0.717) is 26.1 Å². The quantitative estimate of drug-likeness (QED) is 0.672. The Balaban J connectivity index is 2.39. The van der Waals surface area contributed by atoms with Gasteiger partial charge in [-0.05, 0) is 24.3 Å². The highest BCUT2D eigenvalue weighted by atomic mass is 16.5. The van der Waals surface area contributed by atoms with Crippen LogP contribution < -0.4 is 10.1 Å². The van der Waals surface area contributed by atoms with Gasteiger partial charge in [-0.3, -0.25) is 9.69 Å². The fourth-order valence-corrected chi connectivity index (χ4v) is 1.78. The number of amides is 1. The molecule has 0 aliphatic rings. The average Bonchev–Trinajstić information content (AvgIpc) is 2.46. The fourth-order valence-electron chi connectivity index (χ4n) is 1.78. The monoisotopic (exact) mass is 278 g/mol. The van der Waals surface area contributed by atoms with Gasteiger partial charge < -0.3 is 15.2 Å². The minimum atomic E-state index is -0.0535. The zero-order valence-corrected chi connectivity index (χ0v) is 11.8. The van der Waals surface area contributed by atoms with E-state index in [0.717, 1.165) is 11.4 Å². The zero-order valence-electron chi connectivity index (χ0n) is 11.8. The molecule has 0 aliphatic carbocycles. The second kappa shape index (κ2) is 9.12. The molecule has 0 aromatic heterocycles. The van der Waals surface area contributed by atoms with Crippen molar-refractivity contribution in [3.05, 3.63) is 36.9 Å². The molecule has 0 saturated carbocycles. The lowest BCUT2D eigenvalue weighted by molar-refractivity contribution is -0.116. The van der Waals surface area contributed by atoms with Gasteiger partial charge in [0.15, 0.2) is 0 Å². The molecule has 2 N–H and O–H groups in total. The maximum Gasteiger partial charge on any atom is 0.225 e. The minimum absolute atomic E-state index is 0.0535.